The number of anilines is 3. The molecule has 31 heavy (non-hydrogen) atoms. The molecule has 2 aromatic carbocycles. The minimum Gasteiger partial charge on any atom is -0.354 e. The quantitative estimate of drug-likeness (QED) is 0.566. The van der Waals surface area contributed by atoms with Gasteiger partial charge in [-0.05, 0) is 54.0 Å². The van der Waals surface area contributed by atoms with Crippen LogP contribution in [-0.4, -0.2) is 48.9 Å². The summed E-state index contributed by atoms with van der Waals surface area (Å²) in [7, 11) is -3.54. The number of nitrogens with zero attached hydrogens (tertiary/aromatic N) is 4. The van der Waals surface area contributed by atoms with Crippen LogP contribution in [-0.2, 0) is 10.0 Å². The number of nitrogens with one attached hydrogen (secondary N) is 1. The molecule has 0 radical (unpaired) electrons. The van der Waals surface area contributed by atoms with Crippen LogP contribution in [0.25, 0.3) is 0 Å². The van der Waals surface area contributed by atoms with Gasteiger partial charge in [0.1, 0.15) is 5.82 Å². The van der Waals surface area contributed by atoms with E-state index in [9.17, 15) is 8.42 Å². The average molecular weight is 502 g/mol. The normalized spacial score (nSPS) is 15.1. The third-order valence-electron chi connectivity index (χ3n) is 5.17. The summed E-state index contributed by atoms with van der Waals surface area (Å²) in [4.78, 5) is 11.5. The molecule has 1 aliphatic rings. The standard InChI is InChI=1S/C22H24BrN5O2S/c1-16-7-9-18(10-8-16)25-22-24-17(2)15-21(26-22)27-11-13-28(14-12-27)31(29,30)20-6-4-3-5-19(20)23/h3-10,15H,11-14H2,1-2H3,(H,24,25,26). The van der Waals surface area contributed by atoms with Gasteiger partial charge in [0, 0.05) is 48.1 Å². The number of benzene rings is 2. The van der Waals surface area contributed by atoms with E-state index in [0.717, 1.165) is 17.2 Å². The molecule has 1 saturated heterocycles. The zero-order chi connectivity index (χ0) is 22.0. The highest BCUT2D eigenvalue weighted by atomic mass is 79.9. The van der Waals surface area contributed by atoms with Crippen LogP contribution in [0.15, 0.2) is 64.0 Å². The van der Waals surface area contributed by atoms with Crippen molar-refractivity contribution >= 4 is 43.4 Å². The highest BCUT2D eigenvalue weighted by molar-refractivity contribution is 9.10. The van der Waals surface area contributed by atoms with E-state index < -0.39 is 10.0 Å². The third kappa shape index (κ3) is 4.89. The van der Waals surface area contributed by atoms with Crippen LogP contribution < -0.4 is 10.2 Å². The summed E-state index contributed by atoms with van der Waals surface area (Å²) >= 11 is 3.35. The van der Waals surface area contributed by atoms with E-state index >= 15 is 0 Å². The lowest BCUT2D eigenvalue weighted by Crippen LogP contribution is -2.49. The predicted molar refractivity (Wildman–Crippen MR) is 126 cm³/mol. The summed E-state index contributed by atoms with van der Waals surface area (Å²) in [6.45, 7) is 5.88. The summed E-state index contributed by atoms with van der Waals surface area (Å²) in [6, 6.07) is 16.9. The second-order valence-corrected chi connectivity index (χ2v) is 10.3. The van der Waals surface area contributed by atoms with Crippen LogP contribution in [0.5, 0.6) is 0 Å². The molecule has 0 unspecified atom stereocenters. The molecule has 1 aliphatic heterocycles. The zero-order valence-corrected chi connectivity index (χ0v) is 19.8. The highest BCUT2D eigenvalue weighted by Crippen LogP contribution is 2.26. The minimum absolute atomic E-state index is 0.297. The first-order valence-corrected chi connectivity index (χ1v) is 12.3. The molecule has 1 N–H and O–H groups in total. The van der Waals surface area contributed by atoms with Gasteiger partial charge in [0.2, 0.25) is 16.0 Å². The number of piperazine rings is 1. The number of rotatable bonds is 5. The SMILES string of the molecule is Cc1ccc(Nc2nc(C)cc(N3CCN(S(=O)(=O)c4ccccc4Br)CC3)n2)cc1. The van der Waals surface area contributed by atoms with E-state index in [1.807, 2.05) is 44.2 Å². The third-order valence-corrected chi connectivity index (χ3v) is 8.08. The lowest BCUT2D eigenvalue weighted by molar-refractivity contribution is 0.383. The van der Waals surface area contributed by atoms with Crippen molar-refractivity contribution in [3.63, 3.8) is 0 Å². The summed E-state index contributed by atoms with van der Waals surface area (Å²) in [5.74, 6) is 1.32. The van der Waals surface area contributed by atoms with E-state index in [4.69, 9.17) is 0 Å². The Morgan fingerprint density at radius 2 is 1.61 bits per heavy atom. The Labute approximate surface area is 191 Å². The lowest BCUT2D eigenvalue weighted by Gasteiger charge is -2.35. The summed E-state index contributed by atoms with van der Waals surface area (Å²) in [5, 5.41) is 3.25. The lowest BCUT2D eigenvalue weighted by atomic mass is 10.2. The van der Waals surface area contributed by atoms with Crippen LogP contribution in [0.4, 0.5) is 17.5 Å². The van der Waals surface area contributed by atoms with E-state index in [1.54, 1.807) is 24.3 Å². The average Bonchev–Trinajstić information content (AvgIpc) is 2.75. The van der Waals surface area contributed by atoms with Gasteiger partial charge in [-0.3, -0.25) is 0 Å². The smallest absolute Gasteiger partial charge is 0.244 e. The molecule has 0 atom stereocenters. The van der Waals surface area contributed by atoms with E-state index in [2.05, 4.69) is 36.1 Å². The van der Waals surface area contributed by atoms with Crippen molar-refractivity contribution in [3.8, 4) is 0 Å². The first-order valence-electron chi connectivity index (χ1n) is 10.0. The molecule has 1 aromatic heterocycles. The molecule has 0 bridgehead atoms. The number of hydrogen-bond acceptors (Lipinski definition) is 6. The molecule has 0 amide bonds. The van der Waals surface area contributed by atoms with Gasteiger partial charge in [0.25, 0.3) is 0 Å². The maximum Gasteiger partial charge on any atom is 0.244 e. The minimum atomic E-state index is -3.54. The number of sulfonamides is 1. The Kier molecular flexibility index (Phi) is 6.27. The fourth-order valence-electron chi connectivity index (χ4n) is 3.49. The van der Waals surface area contributed by atoms with Gasteiger partial charge >= 0.3 is 0 Å². The number of aryl methyl sites for hydroxylation is 2. The molecule has 4 rings (SSSR count). The van der Waals surface area contributed by atoms with Crippen LogP contribution in [0, 0.1) is 13.8 Å². The van der Waals surface area contributed by atoms with Crippen molar-refractivity contribution in [3.05, 3.63) is 70.3 Å². The Balaban J connectivity index is 1.48. The van der Waals surface area contributed by atoms with Gasteiger partial charge in [-0.15, -0.1) is 0 Å². The van der Waals surface area contributed by atoms with Gasteiger partial charge in [0.05, 0.1) is 4.90 Å². The van der Waals surface area contributed by atoms with Crippen molar-refractivity contribution in [1.29, 1.82) is 0 Å². The molecular weight excluding hydrogens is 478 g/mol. The Bertz CT molecular complexity index is 1180. The van der Waals surface area contributed by atoms with Gasteiger partial charge in [-0.2, -0.15) is 9.29 Å². The van der Waals surface area contributed by atoms with Crippen molar-refractivity contribution < 1.29 is 8.42 Å². The van der Waals surface area contributed by atoms with Crippen LogP contribution in [0.3, 0.4) is 0 Å². The van der Waals surface area contributed by atoms with E-state index in [-0.39, 0.29) is 0 Å². The predicted octanol–water partition coefficient (Wildman–Crippen LogP) is 4.11. The second kappa shape index (κ2) is 8.94. The maximum absolute atomic E-state index is 13.0. The Hall–Kier alpha value is -2.49. The number of hydrogen-bond donors (Lipinski definition) is 1. The van der Waals surface area contributed by atoms with Crippen molar-refractivity contribution in [2.24, 2.45) is 0 Å². The molecule has 2 heterocycles. The monoisotopic (exact) mass is 501 g/mol. The topological polar surface area (TPSA) is 78.4 Å². The molecule has 162 valence electrons. The van der Waals surface area contributed by atoms with Crippen LogP contribution >= 0.6 is 15.9 Å². The first kappa shape index (κ1) is 21.7. The van der Waals surface area contributed by atoms with E-state index in [0.29, 0.717) is 41.5 Å². The Morgan fingerprint density at radius 1 is 0.935 bits per heavy atom. The van der Waals surface area contributed by atoms with Crippen LogP contribution in [0.2, 0.25) is 0 Å². The molecule has 7 nitrogen and oxygen atoms in total. The fraction of sp³-hybridized carbons (Fsp3) is 0.273. The molecule has 3 aromatic rings. The molecule has 0 spiro atoms. The van der Waals surface area contributed by atoms with Gasteiger partial charge in [-0.1, -0.05) is 29.8 Å². The first-order chi connectivity index (χ1) is 14.8. The number of aromatic nitrogens is 2. The van der Waals surface area contributed by atoms with Crippen molar-refractivity contribution in [2.45, 2.75) is 18.7 Å². The molecule has 1 fully saturated rings. The summed E-state index contributed by atoms with van der Waals surface area (Å²) < 4.78 is 28.2. The van der Waals surface area contributed by atoms with Gasteiger partial charge in [-0.25, -0.2) is 13.4 Å². The summed E-state index contributed by atoms with van der Waals surface area (Å²) in [6.07, 6.45) is 0. The summed E-state index contributed by atoms with van der Waals surface area (Å²) in [5.41, 5.74) is 2.96. The number of halogens is 1. The maximum atomic E-state index is 13.0. The molecule has 0 saturated carbocycles. The largest absolute Gasteiger partial charge is 0.354 e. The van der Waals surface area contributed by atoms with Gasteiger partial charge < -0.3 is 10.2 Å². The van der Waals surface area contributed by atoms with Gasteiger partial charge in [0.15, 0.2) is 0 Å². The fourth-order valence-corrected chi connectivity index (χ4v) is 5.87. The highest BCUT2D eigenvalue weighted by Gasteiger charge is 2.30. The zero-order valence-electron chi connectivity index (χ0n) is 17.4. The molecular formula is C22H24BrN5O2S. The molecule has 9 heteroatoms. The van der Waals surface area contributed by atoms with Crippen molar-refractivity contribution in [2.75, 3.05) is 36.4 Å². The van der Waals surface area contributed by atoms with Crippen LogP contribution in [0.1, 0.15) is 11.3 Å². The Morgan fingerprint density at radius 3 is 2.29 bits per heavy atom. The van der Waals surface area contributed by atoms with E-state index in [1.165, 1.54) is 9.87 Å². The van der Waals surface area contributed by atoms with Crippen molar-refractivity contribution in [1.82, 2.24) is 14.3 Å². The molecule has 0 aliphatic carbocycles. The second-order valence-electron chi connectivity index (χ2n) is 7.50.